The fourth-order valence-electron chi connectivity index (χ4n) is 0.189. The molecule has 0 saturated heterocycles. The molecule has 0 nitrogen and oxygen atoms in total. The fourth-order valence-corrected chi connectivity index (χ4v) is 0.189. The molecule has 0 unspecified atom stereocenters. The van der Waals surface area contributed by atoms with Gasteiger partial charge in [-0.05, 0) is 6.42 Å². The van der Waals surface area contributed by atoms with Gasteiger partial charge in [0, 0.05) is 6.42 Å². The molecule has 0 aromatic rings. The minimum atomic E-state index is -2.46. The molecule has 0 aromatic carbocycles. The summed E-state index contributed by atoms with van der Waals surface area (Å²) >= 11 is 0. The summed E-state index contributed by atoms with van der Waals surface area (Å²) in [5.74, 6) is 0. The first-order valence-corrected chi connectivity index (χ1v) is 1.95. The molecular weight excluding hydrogens is 105 g/mol. The van der Waals surface area contributed by atoms with E-state index < -0.39 is 13.1 Å². The molecule has 0 atom stereocenters. The largest absolute Gasteiger partial charge is 0.251 e. The summed E-state index contributed by atoms with van der Waals surface area (Å²) in [6.07, 6.45) is -1.96. The van der Waals surface area contributed by atoms with Gasteiger partial charge in [-0.1, -0.05) is 0 Å². The van der Waals surface area contributed by atoms with E-state index in [0.29, 0.717) is 6.42 Å². The number of halogens is 3. The molecular formula is C4H6F3. The lowest BCUT2D eigenvalue weighted by Gasteiger charge is -1.89. The molecule has 0 amide bonds. The lowest BCUT2D eigenvalue weighted by molar-refractivity contribution is 0.178. The monoisotopic (exact) mass is 111 g/mol. The molecule has 0 heterocycles. The van der Waals surface area contributed by atoms with Crippen molar-refractivity contribution in [3.8, 4) is 0 Å². The van der Waals surface area contributed by atoms with Crippen LogP contribution in [0.15, 0.2) is 0 Å². The molecule has 0 aliphatic heterocycles. The van der Waals surface area contributed by atoms with E-state index in [9.17, 15) is 13.2 Å². The van der Waals surface area contributed by atoms with Crippen molar-refractivity contribution in [1.82, 2.24) is 0 Å². The highest BCUT2D eigenvalue weighted by atomic mass is 19.3. The molecule has 0 fully saturated rings. The maximum Gasteiger partial charge on any atom is 0.242 e. The smallest absolute Gasteiger partial charge is 0.242 e. The normalized spacial score (nSPS) is 10.3. The molecule has 0 aliphatic carbocycles. The molecule has 0 saturated carbocycles. The van der Waals surface area contributed by atoms with Gasteiger partial charge in [0.1, 0.15) is 0 Å². The van der Waals surface area contributed by atoms with Crippen molar-refractivity contribution in [3.05, 3.63) is 6.42 Å². The summed E-state index contributed by atoms with van der Waals surface area (Å²) in [5.41, 5.74) is 0. The highest BCUT2D eigenvalue weighted by molar-refractivity contribution is 4.65. The zero-order chi connectivity index (χ0) is 5.70. The molecule has 0 spiro atoms. The van der Waals surface area contributed by atoms with Crippen LogP contribution in [0.4, 0.5) is 13.2 Å². The van der Waals surface area contributed by atoms with Gasteiger partial charge >= 0.3 is 0 Å². The molecule has 43 valence electrons. The molecule has 7 heavy (non-hydrogen) atoms. The van der Waals surface area contributed by atoms with Crippen molar-refractivity contribution in [3.63, 3.8) is 0 Å². The van der Waals surface area contributed by atoms with Crippen molar-refractivity contribution in [2.45, 2.75) is 12.8 Å². The average molecular weight is 111 g/mol. The first-order valence-electron chi connectivity index (χ1n) is 1.95. The van der Waals surface area contributed by atoms with Gasteiger partial charge in [0.05, 0.1) is 6.67 Å². The third-order valence-electron chi connectivity index (χ3n) is 0.454. The van der Waals surface area contributed by atoms with Gasteiger partial charge in [-0.25, -0.2) is 8.78 Å². The van der Waals surface area contributed by atoms with Crippen LogP contribution in [0.3, 0.4) is 0 Å². The van der Waals surface area contributed by atoms with Gasteiger partial charge in [0.2, 0.25) is 6.43 Å². The predicted molar refractivity (Wildman–Crippen MR) is 20.9 cm³/mol. The molecule has 0 aromatic heterocycles. The Bertz CT molecular complexity index is 35.9. The summed E-state index contributed by atoms with van der Waals surface area (Å²) in [6, 6.07) is 0. The lowest BCUT2D eigenvalue weighted by atomic mass is 10.3. The second-order valence-electron chi connectivity index (χ2n) is 1.05. The molecule has 0 rings (SSSR count). The first-order chi connectivity index (χ1) is 3.27. The first kappa shape index (κ1) is 6.79. The van der Waals surface area contributed by atoms with Gasteiger partial charge in [-0.2, -0.15) is 0 Å². The topological polar surface area (TPSA) is 0 Å². The van der Waals surface area contributed by atoms with Crippen LogP contribution < -0.4 is 0 Å². The maximum absolute atomic E-state index is 11.0. The number of alkyl halides is 3. The van der Waals surface area contributed by atoms with E-state index in [-0.39, 0.29) is 6.42 Å². The van der Waals surface area contributed by atoms with E-state index in [2.05, 4.69) is 0 Å². The predicted octanol–water partition coefficient (Wildman–Crippen LogP) is 1.82. The zero-order valence-corrected chi connectivity index (χ0v) is 3.70. The van der Waals surface area contributed by atoms with Crippen LogP contribution in [-0.2, 0) is 0 Å². The molecule has 0 N–H and O–H groups in total. The van der Waals surface area contributed by atoms with Crippen LogP contribution in [-0.4, -0.2) is 13.1 Å². The summed E-state index contributed by atoms with van der Waals surface area (Å²) in [6.45, 7) is -0.690. The Morgan fingerprint density at radius 2 is 2.00 bits per heavy atom. The third-order valence-corrected chi connectivity index (χ3v) is 0.454. The SMILES string of the molecule is FCC[CH]C(F)F. The number of hydrogen-bond donors (Lipinski definition) is 0. The summed E-state index contributed by atoms with van der Waals surface area (Å²) < 4.78 is 33.0. The van der Waals surface area contributed by atoms with Crippen LogP contribution in [0, 0.1) is 6.42 Å². The molecule has 1 radical (unpaired) electrons. The van der Waals surface area contributed by atoms with E-state index in [0.717, 1.165) is 0 Å². The Labute approximate surface area is 40.3 Å². The van der Waals surface area contributed by atoms with Gasteiger partial charge in [-0.15, -0.1) is 0 Å². The summed E-state index contributed by atoms with van der Waals surface area (Å²) in [4.78, 5) is 0. The van der Waals surface area contributed by atoms with Crippen LogP contribution >= 0.6 is 0 Å². The van der Waals surface area contributed by atoms with Crippen LogP contribution in [0.1, 0.15) is 6.42 Å². The Morgan fingerprint density at radius 3 is 2.14 bits per heavy atom. The second kappa shape index (κ2) is 3.96. The highest BCUT2D eigenvalue weighted by Gasteiger charge is 1.99. The minimum absolute atomic E-state index is 0.141. The van der Waals surface area contributed by atoms with Crippen molar-refractivity contribution >= 4 is 0 Å². The molecule has 0 bridgehead atoms. The van der Waals surface area contributed by atoms with Crippen molar-refractivity contribution < 1.29 is 13.2 Å². The number of hydrogen-bond acceptors (Lipinski definition) is 0. The molecule has 0 aliphatic rings. The summed E-state index contributed by atoms with van der Waals surface area (Å²) in [5, 5.41) is 0. The Hall–Kier alpha value is -0.210. The van der Waals surface area contributed by atoms with E-state index in [1.807, 2.05) is 0 Å². The van der Waals surface area contributed by atoms with Gasteiger partial charge in [0.15, 0.2) is 0 Å². The quantitative estimate of drug-likeness (QED) is 0.521. The number of rotatable bonds is 3. The zero-order valence-electron chi connectivity index (χ0n) is 3.70. The van der Waals surface area contributed by atoms with Gasteiger partial charge in [-0.3, -0.25) is 4.39 Å². The van der Waals surface area contributed by atoms with Gasteiger partial charge < -0.3 is 0 Å². The highest BCUT2D eigenvalue weighted by Crippen LogP contribution is 2.00. The van der Waals surface area contributed by atoms with E-state index in [1.165, 1.54) is 0 Å². The molecule has 3 heteroatoms. The summed E-state index contributed by atoms with van der Waals surface area (Å²) in [7, 11) is 0. The van der Waals surface area contributed by atoms with Crippen LogP contribution in [0.25, 0.3) is 0 Å². The Balaban J connectivity index is 2.68. The van der Waals surface area contributed by atoms with Crippen molar-refractivity contribution in [1.29, 1.82) is 0 Å². The van der Waals surface area contributed by atoms with Gasteiger partial charge in [0.25, 0.3) is 0 Å². The average Bonchev–Trinajstić information content (AvgIpc) is 1.61. The van der Waals surface area contributed by atoms with E-state index >= 15 is 0 Å². The van der Waals surface area contributed by atoms with Crippen molar-refractivity contribution in [2.75, 3.05) is 6.67 Å². The third kappa shape index (κ3) is 5.79. The van der Waals surface area contributed by atoms with Crippen molar-refractivity contribution in [2.24, 2.45) is 0 Å². The standard InChI is InChI=1S/C4H6F3/c5-3-1-2-4(6)7/h2,4H,1,3H2. The van der Waals surface area contributed by atoms with E-state index in [1.54, 1.807) is 0 Å². The van der Waals surface area contributed by atoms with Crippen LogP contribution in [0.2, 0.25) is 0 Å². The minimum Gasteiger partial charge on any atom is -0.251 e. The fraction of sp³-hybridized carbons (Fsp3) is 0.750. The van der Waals surface area contributed by atoms with E-state index in [4.69, 9.17) is 0 Å². The Kier molecular flexibility index (Phi) is 3.84. The Morgan fingerprint density at radius 1 is 1.43 bits per heavy atom. The second-order valence-corrected chi connectivity index (χ2v) is 1.05. The lowest BCUT2D eigenvalue weighted by Crippen LogP contribution is -1.90. The maximum atomic E-state index is 11.0. The van der Waals surface area contributed by atoms with Crippen LogP contribution in [0.5, 0.6) is 0 Å².